The van der Waals surface area contributed by atoms with Gasteiger partial charge in [0.15, 0.2) is 4.80 Å². The van der Waals surface area contributed by atoms with Gasteiger partial charge in [-0.05, 0) is 35.2 Å². The van der Waals surface area contributed by atoms with Gasteiger partial charge in [-0.15, -0.1) is 0 Å². The number of benzene rings is 2. The number of rotatable bonds is 4. The Balaban J connectivity index is 1.87. The van der Waals surface area contributed by atoms with Crippen LogP contribution in [0.1, 0.15) is 41.3 Å². The molecule has 0 saturated carbocycles. The number of carbonyl (C=O) groups is 2. The number of fused-ring (bicyclic) bond motifs is 1. The van der Waals surface area contributed by atoms with E-state index in [1.54, 1.807) is 12.1 Å². The van der Waals surface area contributed by atoms with E-state index >= 15 is 0 Å². The van der Waals surface area contributed by atoms with Crippen LogP contribution in [-0.4, -0.2) is 23.6 Å². The number of methoxy groups -OCH3 is 1. The zero-order valence-electron chi connectivity index (χ0n) is 15.9. The normalized spacial score (nSPS) is 12.0. The molecular formula is C21H22N2O3S. The third kappa shape index (κ3) is 4.17. The van der Waals surface area contributed by atoms with Crippen LogP contribution in [0.3, 0.4) is 0 Å². The average molecular weight is 382 g/mol. The van der Waals surface area contributed by atoms with Crippen molar-refractivity contribution in [2.45, 2.75) is 26.2 Å². The number of carbonyl (C=O) groups excluding carboxylic acids is 2. The number of hydrogen-bond acceptors (Lipinski definition) is 4. The minimum absolute atomic E-state index is 0.192. The van der Waals surface area contributed by atoms with E-state index in [0.29, 0.717) is 16.3 Å². The van der Waals surface area contributed by atoms with Crippen molar-refractivity contribution < 1.29 is 14.3 Å². The fraction of sp³-hybridized carbons (Fsp3) is 0.286. The van der Waals surface area contributed by atoms with Gasteiger partial charge in [-0.3, -0.25) is 4.79 Å². The van der Waals surface area contributed by atoms with Crippen molar-refractivity contribution in [3.63, 3.8) is 0 Å². The van der Waals surface area contributed by atoms with Crippen molar-refractivity contribution in [3.8, 4) is 0 Å². The lowest BCUT2D eigenvalue weighted by molar-refractivity contribution is -0.117. The minimum atomic E-state index is -0.382. The summed E-state index contributed by atoms with van der Waals surface area (Å²) in [6, 6.07) is 13.4. The maximum absolute atomic E-state index is 12.4. The van der Waals surface area contributed by atoms with E-state index in [-0.39, 0.29) is 18.3 Å². The molecule has 0 spiro atoms. The number of amides is 1. The second-order valence-corrected chi connectivity index (χ2v) is 7.71. The Hall–Kier alpha value is -2.73. The van der Waals surface area contributed by atoms with Crippen LogP contribution in [0.15, 0.2) is 47.5 Å². The highest BCUT2D eigenvalue weighted by Crippen LogP contribution is 2.19. The van der Waals surface area contributed by atoms with E-state index in [1.165, 1.54) is 24.0 Å². The summed E-state index contributed by atoms with van der Waals surface area (Å²) in [6.45, 7) is 4.28. The molecule has 2 aromatic carbocycles. The molecule has 140 valence electrons. The first-order chi connectivity index (χ1) is 12.9. The standard InChI is InChI=1S/C21H22N2O3S/c1-13(2)15-7-5-14(6-8-15)11-19(24)22-21-23(3)17-10-9-16(20(25)26-4)12-18(17)27-21/h5-10,12-13H,11H2,1-4H3. The van der Waals surface area contributed by atoms with E-state index in [1.807, 2.05) is 29.8 Å². The summed E-state index contributed by atoms with van der Waals surface area (Å²) in [6.07, 6.45) is 0.264. The molecule has 0 N–H and O–H groups in total. The topological polar surface area (TPSA) is 60.7 Å². The molecule has 3 rings (SSSR count). The van der Waals surface area contributed by atoms with Crippen LogP contribution in [0.4, 0.5) is 0 Å². The smallest absolute Gasteiger partial charge is 0.337 e. The Labute approximate surface area is 161 Å². The second-order valence-electron chi connectivity index (χ2n) is 6.70. The highest BCUT2D eigenvalue weighted by Gasteiger charge is 2.10. The molecule has 0 saturated heterocycles. The van der Waals surface area contributed by atoms with Crippen molar-refractivity contribution in [3.05, 3.63) is 64.0 Å². The third-order valence-electron chi connectivity index (χ3n) is 4.45. The van der Waals surface area contributed by atoms with E-state index in [9.17, 15) is 9.59 Å². The minimum Gasteiger partial charge on any atom is -0.465 e. The van der Waals surface area contributed by atoms with Crippen molar-refractivity contribution >= 4 is 33.4 Å². The van der Waals surface area contributed by atoms with E-state index in [0.717, 1.165) is 15.8 Å². The fourth-order valence-electron chi connectivity index (χ4n) is 2.83. The Morgan fingerprint density at radius 2 is 1.85 bits per heavy atom. The third-order valence-corrected chi connectivity index (χ3v) is 5.55. The lowest BCUT2D eigenvalue weighted by Gasteiger charge is -2.05. The molecule has 1 amide bonds. The first-order valence-electron chi connectivity index (χ1n) is 8.73. The lowest BCUT2D eigenvalue weighted by atomic mass is 10.0. The summed E-state index contributed by atoms with van der Waals surface area (Å²) >= 11 is 1.38. The molecule has 0 atom stereocenters. The van der Waals surface area contributed by atoms with Gasteiger partial charge in [0, 0.05) is 7.05 Å². The van der Waals surface area contributed by atoms with Crippen LogP contribution >= 0.6 is 11.3 Å². The van der Waals surface area contributed by atoms with Crippen molar-refractivity contribution in [2.75, 3.05) is 7.11 Å². The van der Waals surface area contributed by atoms with Gasteiger partial charge in [-0.1, -0.05) is 49.4 Å². The molecule has 0 aliphatic carbocycles. The zero-order chi connectivity index (χ0) is 19.6. The van der Waals surface area contributed by atoms with Gasteiger partial charge in [-0.25, -0.2) is 4.79 Å². The van der Waals surface area contributed by atoms with Crippen molar-refractivity contribution in [2.24, 2.45) is 12.0 Å². The highest BCUT2D eigenvalue weighted by atomic mass is 32.1. The molecule has 0 aliphatic rings. The average Bonchev–Trinajstić information content (AvgIpc) is 2.96. The maximum Gasteiger partial charge on any atom is 0.337 e. The van der Waals surface area contributed by atoms with Crippen LogP contribution in [0.2, 0.25) is 0 Å². The molecule has 1 heterocycles. The molecule has 0 fully saturated rings. The summed E-state index contributed by atoms with van der Waals surface area (Å²) in [4.78, 5) is 29.0. The summed E-state index contributed by atoms with van der Waals surface area (Å²) in [7, 11) is 3.22. The second kappa shape index (κ2) is 7.88. The number of ether oxygens (including phenoxy) is 1. The molecule has 0 bridgehead atoms. The molecule has 5 nitrogen and oxygen atoms in total. The number of aryl methyl sites for hydroxylation is 1. The van der Waals surface area contributed by atoms with Gasteiger partial charge in [0.1, 0.15) is 0 Å². The van der Waals surface area contributed by atoms with Gasteiger partial charge in [-0.2, -0.15) is 4.99 Å². The van der Waals surface area contributed by atoms with Gasteiger partial charge < -0.3 is 9.30 Å². The molecule has 0 aliphatic heterocycles. The predicted octanol–water partition coefficient (Wildman–Crippen LogP) is 3.82. The molecule has 1 aromatic heterocycles. The van der Waals surface area contributed by atoms with Crippen LogP contribution in [0.5, 0.6) is 0 Å². The SMILES string of the molecule is COC(=O)c1ccc2c(c1)sc(=NC(=O)Cc1ccc(C(C)C)cc1)n2C. The van der Waals surface area contributed by atoms with Crippen LogP contribution in [-0.2, 0) is 23.0 Å². The van der Waals surface area contributed by atoms with E-state index in [4.69, 9.17) is 4.74 Å². The van der Waals surface area contributed by atoms with E-state index < -0.39 is 0 Å². The summed E-state index contributed by atoms with van der Waals surface area (Å²) in [5.74, 6) is -0.109. The molecular weight excluding hydrogens is 360 g/mol. The molecule has 27 heavy (non-hydrogen) atoms. The first-order valence-corrected chi connectivity index (χ1v) is 9.55. The number of hydrogen-bond donors (Lipinski definition) is 0. The Bertz CT molecular complexity index is 1060. The largest absolute Gasteiger partial charge is 0.465 e. The van der Waals surface area contributed by atoms with Crippen LogP contribution < -0.4 is 4.80 Å². The predicted molar refractivity (Wildman–Crippen MR) is 107 cm³/mol. The Morgan fingerprint density at radius 1 is 1.15 bits per heavy atom. The van der Waals surface area contributed by atoms with Crippen LogP contribution in [0.25, 0.3) is 10.2 Å². The number of esters is 1. The van der Waals surface area contributed by atoms with Gasteiger partial charge >= 0.3 is 5.97 Å². The zero-order valence-corrected chi connectivity index (χ0v) is 16.7. The van der Waals surface area contributed by atoms with Crippen LogP contribution in [0, 0.1) is 0 Å². The number of thiazole rings is 1. The lowest BCUT2D eigenvalue weighted by Crippen LogP contribution is -2.14. The summed E-state index contributed by atoms with van der Waals surface area (Å²) < 4.78 is 7.50. The van der Waals surface area contributed by atoms with E-state index in [2.05, 4.69) is 31.0 Å². The summed E-state index contributed by atoms with van der Waals surface area (Å²) in [5, 5.41) is 0. The molecule has 3 aromatic rings. The number of aromatic nitrogens is 1. The van der Waals surface area contributed by atoms with Gasteiger partial charge in [0.05, 0.1) is 29.3 Å². The van der Waals surface area contributed by atoms with Crippen molar-refractivity contribution in [1.82, 2.24) is 4.57 Å². The fourth-order valence-corrected chi connectivity index (χ4v) is 3.90. The van der Waals surface area contributed by atoms with Gasteiger partial charge in [0.2, 0.25) is 0 Å². The van der Waals surface area contributed by atoms with Crippen molar-refractivity contribution in [1.29, 1.82) is 0 Å². The molecule has 0 unspecified atom stereocenters. The molecule has 6 heteroatoms. The molecule has 0 radical (unpaired) electrons. The monoisotopic (exact) mass is 382 g/mol. The van der Waals surface area contributed by atoms with Gasteiger partial charge in [0.25, 0.3) is 5.91 Å². The summed E-state index contributed by atoms with van der Waals surface area (Å²) in [5.41, 5.74) is 3.60. The Morgan fingerprint density at radius 3 is 2.48 bits per heavy atom. The Kier molecular flexibility index (Phi) is 5.56. The maximum atomic E-state index is 12.4. The highest BCUT2D eigenvalue weighted by molar-refractivity contribution is 7.16. The first kappa shape index (κ1) is 19.0. The quantitative estimate of drug-likeness (QED) is 0.645. The number of nitrogens with zero attached hydrogens (tertiary/aromatic N) is 2.